The van der Waals surface area contributed by atoms with Gasteiger partial charge in [0.1, 0.15) is 4.90 Å². The van der Waals surface area contributed by atoms with Crippen molar-refractivity contribution in [1.29, 1.82) is 0 Å². The van der Waals surface area contributed by atoms with Crippen LogP contribution in [0.4, 0.5) is 5.69 Å². The van der Waals surface area contributed by atoms with Crippen LogP contribution < -0.4 is 0 Å². The molecule has 13 heteroatoms. The van der Waals surface area contributed by atoms with Crippen LogP contribution in [0.2, 0.25) is 5.02 Å². The van der Waals surface area contributed by atoms with Crippen LogP contribution in [-0.4, -0.2) is 80.4 Å². The van der Waals surface area contributed by atoms with Crippen molar-refractivity contribution in [3.05, 3.63) is 33.3 Å². The Morgan fingerprint density at radius 1 is 1.19 bits per heavy atom. The highest BCUT2D eigenvalue weighted by atomic mass is 35.5. The minimum Gasteiger partial charge on any atom is -0.455 e. The van der Waals surface area contributed by atoms with Crippen LogP contribution in [0.3, 0.4) is 0 Å². The minimum atomic E-state index is -4.07. The molecule has 0 atom stereocenters. The number of carbonyl (C=O) groups excluding carboxylic acids is 2. The molecular formula is C18H22ClN3O8S. The summed E-state index contributed by atoms with van der Waals surface area (Å²) in [5, 5.41) is 10.8. The monoisotopic (exact) mass is 475 g/mol. The zero-order valence-electron chi connectivity index (χ0n) is 16.6. The molecule has 0 spiro atoms. The van der Waals surface area contributed by atoms with Gasteiger partial charge in [0.15, 0.2) is 6.61 Å². The van der Waals surface area contributed by atoms with Crippen molar-refractivity contribution in [1.82, 2.24) is 9.21 Å². The number of esters is 1. The van der Waals surface area contributed by atoms with E-state index in [1.807, 2.05) is 0 Å². The van der Waals surface area contributed by atoms with Crippen LogP contribution >= 0.6 is 11.6 Å². The maximum Gasteiger partial charge on any atom is 0.309 e. The molecule has 0 N–H and O–H groups in total. The number of hydrogen-bond donors (Lipinski definition) is 0. The lowest BCUT2D eigenvalue weighted by Gasteiger charge is -2.30. The second-order valence-electron chi connectivity index (χ2n) is 7.15. The van der Waals surface area contributed by atoms with Crippen LogP contribution in [0.1, 0.15) is 12.8 Å². The summed E-state index contributed by atoms with van der Waals surface area (Å²) in [7, 11) is -4.07. The maximum absolute atomic E-state index is 12.9. The van der Waals surface area contributed by atoms with E-state index in [-0.39, 0.29) is 54.1 Å². The second-order valence-corrected chi connectivity index (χ2v) is 9.46. The van der Waals surface area contributed by atoms with Crippen LogP contribution in [-0.2, 0) is 29.1 Å². The van der Waals surface area contributed by atoms with Crippen LogP contribution in [0.25, 0.3) is 0 Å². The smallest absolute Gasteiger partial charge is 0.309 e. The Morgan fingerprint density at radius 3 is 2.45 bits per heavy atom. The minimum absolute atomic E-state index is 0.0263. The third kappa shape index (κ3) is 5.50. The third-order valence-electron chi connectivity index (χ3n) is 5.23. The first-order valence-electron chi connectivity index (χ1n) is 9.66. The molecule has 170 valence electrons. The van der Waals surface area contributed by atoms with Gasteiger partial charge in [-0.15, -0.1) is 0 Å². The molecule has 3 rings (SSSR count). The molecular weight excluding hydrogens is 454 g/mol. The van der Waals surface area contributed by atoms with Crippen molar-refractivity contribution in [2.24, 2.45) is 5.92 Å². The molecule has 2 heterocycles. The summed E-state index contributed by atoms with van der Waals surface area (Å²) in [4.78, 5) is 35.9. The summed E-state index contributed by atoms with van der Waals surface area (Å²) in [6.45, 7) is 1.49. The van der Waals surface area contributed by atoms with Gasteiger partial charge in [-0.2, -0.15) is 4.31 Å². The number of halogens is 1. The molecule has 2 fully saturated rings. The number of morpholine rings is 1. The predicted molar refractivity (Wildman–Crippen MR) is 108 cm³/mol. The summed E-state index contributed by atoms with van der Waals surface area (Å²) in [6.07, 6.45) is 0.409. The van der Waals surface area contributed by atoms with Gasteiger partial charge in [-0.25, -0.2) is 8.42 Å². The number of amides is 1. The lowest BCUT2D eigenvalue weighted by Crippen LogP contribution is -2.44. The van der Waals surface area contributed by atoms with E-state index in [0.717, 1.165) is 16.4 Å². The highest BCUT2D eigenvalue weighted by Gasteiger charge is 2.35. The molecule has 1 amide bonds. The molecule has 0 saturated carbocycles. The zero-order chi connectivity index (χ0) is 22.6. The molecule has 11 nitrogen and oxygen atoms in total. The Kier molecular flexibility index (Phi) is 7.46. The van der Waals surface area contributed by atoms with Crippen LogP contribution in [0, 0.1) is 16.0 Å². The number of nitro benzene ring substituents is 1. The Bertz CT molecular complexity index is 957. The summed E-state index contributed by atoms with van der Waals surface area (Å²) in [6, 6.07) is 3.22. The lowest BCUT2D eigenvalue weighted by atomic mass is 9.98. The Hall–Kier alpha value is -2.28. The number of piperidine rings is 1. The fraction of sp³-hybridized carbons (Fsp3) is 0.556. The number of ether oxygens (including phenoxy) is 2. The molecule has 2 aliphatic heterocycles. The van der Waals surface area contributed by atoms with Gasteiger partial charge >= 0.3 is 5.97 Å². The highest BCUT2D eigenvalue weighted by Crippen LogP contribution is 2.31. The van der Waals surface area contributed by atoms with Gasteiger partial charge in [0.05, 0.1) is 29.1 Å². The third-order valence-corrected chi connectivity index (χ3v) is 7.61. The van der Waals surface area contributed by atoms with E-state index in [1.54, 1.807) is 4.90 Å². The van der Waals surface area contributed by atoms with Crippen LogP contribution in [0.15, 0.2) is 23.1 Å². The van der Waals surface area contributed by atoms with E-state index in [2.05, 4.69) is 0 Å². The van der Waals surface area contributed by atoms with Crippen molar-refractivity contribution < 1.29 is 32.4 Å². The summed E-state index contributed by atoms with van der Waals surface area (Å²) >= 11 is 5.97. The summed E-state index contributed by atoms with van der Waals surface area (Å²) < 4.78 is 37.2. The first-order chi connectivity index (χ1) is 14.7. The summed E-state index contributed by atoms with van der Waals surface area (Å²) in [5.74, 6) is -1.38. The number of non-ortho nitro benzene ring substituents is 1. The number of benzene rings is 1. The Balaban J connectivity index is 1.56. The van der Waals surface area contributed by atoms with Gasteiger partial charge in [-0.05, 0) is 18.9 Å². The van der Waals surface area contributed by atoms with Crippen molar-refractivity contribution in [2.75, 3.05) is 46.0 Å². The van der Waals surface area contributed by atoms with E-state index in [1.165, 1.54) is 6.07 Å². The average Bonchev–Trinajstić information content (AvgIpc) is 2.77. The molecule has 0 unspecified atom stereocenters. The Labute approximate surface area is 184 Å². The molecule has 0 aromatic heterocycles. The Morgan fingerprint density at radius 2 is 1.84 bits per heavy atom. The predicted octanol–water partition coefficient (Wildman–Crippen LogP) is 1.05. The van der Waals surface area contributed by atoms with E-state index in [9.17, 15) is 28.1 Å². The normalized spacial score (nSPS) is 18.5. The zero-order valence-corrected chi connectivity index (χ0v) is 18.1. The number of sulfonamides is 1. The first kappa shape index (κ1) is 23.4. The molecule has 0 bridgehead atoms. The molecule has 2 aliphatic rings. The van der Waals surface area contributed by atoms with Gasteiger partial charge in [0.25, 0.3) is 11.6 Å². The molecule has 1 aromatic rings. The molecule has 0 radical (unpaired) electrons. The first-order valence-corrected chi connectivity index (χ1v) is 11.5. The number of carbonyl (C=O) groups is 2. The van der Waals surface area contributed by atoms with Gasteiger partial charge in [0, 0.05) is 38.3 Å². The second kappa shape index (κ2) is 9.90. The highest BCUT2D eigenvalue weighted by molar-refractivity contribution is 7.89. The summed E-state index contributed by atoms with van der Waals surface area (Å²) in [5.41, 5.74) is -0.383. The van der Waals surface area contributed by atoms with E-state index < -0.39 is 26.8 Å². The van der Waals surface area contributed by atoms with E-state index >= 15 is 0 Å². The molecule has 0 aliphatic carbocycles. The number of nitro groups is 1. The van der Waals surface area contributed by atoms with Gasteiger partial charge in [0.2, 0.25) is 10.0 Å². The van der Waals surface area contributed by atoms with Crippen molar-refractivity contribution in [3.8, 4) is 0 Å². The molecule has 2 saturated heterocycles. The van der Waals surface area contributed by atoms with Gasteiger partial charge in [-0.1, -0.05) is 11.6 Å². The largest absolute Gasteiger partial charge is 0.455 e. The number of nitrogens with zero attached hydrogens (tertiary/aromatic N) is 3. The van der Waals surface area contributed by atoms with Crippen molar-refractivity contribution in [2.45, 2.75) is 17.7 Å². The maximum atomic E-state index is 12.9. The van der Waals surface area contributed by atoms with Gasteiger partial charge in [-0.3, -0.25) is 19.7 Å². The fourth-order valence-corrected chi connectivity index (χ4v) is 5.39. The van der Waals surface area contributed by atoms with Crippen molar-refractivity contribution in [3.63, 3.8) is 0 Å². The number of rotatable bonds is 6. The number of hydrogen-bond acceptors (Lipinski definition) is 8. The standard InChI is InChI=1S/C18H22ClN3O8S/c19-15-2-1-14(22(25)26)11-16(15)31(27,28)21-5-3-13(4-6-21)18(24)30-12-17(23)20-7-9-29-10-8-20/h1-2,11,13H,3-10,12H2. The molecule has 1 aromatic carbocycles. The average molecular weight is 476 g/mol. The van der Waals surface area contributed by atoms with Gasteiger partial charge < -0.3 is 14.4 Å². The van der Waals surface area contributed by atoms with E-state index in [4.69, 9.17) is 21.1 Å². The van der Waals surface area contributed by atoms with E-state index in [0.29, 0.717) is 26.3 Å². The lowest BCUT2D eigenvalue weighted by molar-refractivity contribution is -0.385. The molecule has 31 heavy (non-hydrogen) atoms. The SMILES string of the molecule is O=C(OCC(=O)N1CCOCC1)C1CCN(S(=O)(=O)c2cc([N+](=O)[O-])ccc2Cl)CC1. The quantitative estimate of drug-likeness (QED) is 0.338. The van der Waals surface area contributed by atoms with Crippen molar-refractivity contribution >= 4 is 39.2 Å². The topological polar surface area (TPSA) is 136 Å². The van der Waals surface area contributed by atoms with Crippen LogP contribution in [0.5, 0.6) is 0 Å². The fourth-order valence-electron chi connectivity index (χ4n) is 3.43.